The van der Waals surface area contributed by atoms with E-state index in [1.807, 2.05) is 13.8 Å². The number of carbonyl (C=O) groups is 1. The van der Waals surface area contributed by atoms with Crippen molar-refractivity contribution >= 4 is 23.5 Å². The van der Waals surface area contributed by atoms with Crippen molar-refractivity contribution in [2.24, 2.45) is 0 Å². The summed E-state index contributed by atoms with van der Waals surface area (Å²) in [4.78, 5) is 22.8. The standard InChI is InChI=1S/C10H16ClN5O2/c1-6(2)18-10-15-8(11)14-9(16-10)13-5-4-7(17)12-3/h6H,4-5H2,1-3H3,(H,12,17)(H,13,14,15,16). The Morgan fingerprint density at radius 3 is 2.72 bits per heavy atom. The van der Waals surface area contributed by atoms with E-state index in [1.54, 1.807) is 7.05 Å². The second-order valence-corrected chi connectivity index (χ2v) is 4.07. The lowest BCUT2D eigenvalue weighted by Crippen LogP contribution is -2.21. The summed E-state index contributed by atoms with van der Waals surface area (Å²) in [6, 6.07) is 0.160. The lowest BCUT2D eigenvalue weighted by molar-refractivity contribution is -0.120. The Balaban J connectivity index is 2.59. The van der Waals surface area contributed by atoms with E-state index in [2.05, 4.69) is 25.6 Å². The fraction of sp³-hybridized carbons (Fsp3) is 0.600. The third-order valence-corrected chi connectivity index (χ3v) is 2.01. The second-order valence-electron chi connectivity index (χ2n) is 3.73. The first-order valence-corrected chi connectivity index (χ1v) is 5.91. The van der Waals surface area contributed by atoms with Crippen LogP contribution in [0.5, 0.6) is 6.01 Å². The number of amides is 1. The largest absolute Gasteiger partial charge is 0.461 e. The van der Waals surface area contributed by atoms with Gasteiger partial charge in [0.05, 0.1) is 6.10 Å². The minimum absolute atomic E-state index is 0.0445. The minimum Gasteiger partial charge on any atom is -0.461 e. The average molecular weight is 274 g/mol. The van der Waals surface area contributed by atoms with Crippen molar-refractivity contribution < 1.29 is 9.53 Å². The molecule has 2 N–H and O–H groups in total. The number of nitrogens with one attached hydrogen (secondary N) is 2. The molecule has 0 aromatic carbocycles. The van der Waals surface area contributed by atoms with Crippen LogP contribution >= 0.6 is 11.6 Å². The number of carbonyl (C=O) groups excluding carboxylic acids is 1. The van der Waals surface area contributed by atoms with E-state index in [0.29, 0.717) is 13.0 Å². The summed E-state index contributed by atoms with van der Waals surface area (Å²) in [6.45, 7) is 4.12. The van der Waals surface area contributed by atoms with Crippen molar-refractivity contribution in [3.63, 3.8) is 0 Å². The number of ether oxygens (including phenoxy) is 1. The number of anilines is 1. The first kappa shape index (κ1) is 14.4. The number of nitrogens with zero attached hydrogens (tertiary/aromatic N) is 3. The third-order valence-electron chi connectivity index (χ3n) is 1.84. The Hall–Kier alpha value is -1.63. The molecule has 8 heteroatoms. The van der Waals surface area contributed by atoms with Crippen molar-refractivity contribution in [1.82, 2.24) is 20.3 Å². The van der Waals surface area contributed by atoms with Crippen LogP contribution in [0.3, 0.4) is 0 Å². The lowest BCUT2D eigenvalue weighted by Gasteiger charge is -2.09. The summed E-state index contributed by atoms with van der Waals surface area (Å²) in [7, 11) is 1.58. The molecule has 1 amide bonds. The predicted octanol–water partition coefficient (Wildman–Crippen LogP) is 0.860. The Morgan fingerprint density at radius 1 is 1.39 bits per heavy atom. The molecular weight excluding hydrogens is 258 g/mol. The minimum atomic E-state index is -0.0682. The number of hydrogen-bond acceptors (Lipinski definition) is 6. The molecular formula is C10H16ClN5O2. The van der Waals surface area contributed by atoms with Crippen LogP contribution in [0, 0.1) is 0 Å². The van der Waals surface area contributed by atoms with Crippen LogP contribution in [0.25, 0.3) is 0 Å². The van der Waals surface area contributed by atoms with Crippen LogP contribution in [0.1, 0.15) is 20.3 Å². The third kappa shape index (κ3) is 5.13. The van der Waals surface area contributed by atoms with Gasteiger partial charge in [-0.2, -0.15) is 15.0 Å². The monoisotopic (exact) mass is 273 g/mol. The molecule has 1 aromatic rings. The Kier molecular flexibility index (Phi) is 5.57. The molecule has 0 aliphatic rings. The van der Waals surface area contributed by atoms with Crippen LogP contribution < -0.4 is 15.4 Å². The molecule has 1 aromatic heterocycles. The van der Waals surface area contributed by atoms with E-state index < -0.39 is 0 Å². The summed E-state index contributed by atoms with van der Waals surface area (Å²) in [5.41, 5.74) is 0. The second kappa shape index (κ2) is 6.95. The van der Waals surface area contributed by atoms with Crippen LogP contribution in [0.4, 0.5) is 5.95 Å². The molecule has 0 saturated carbocycles. The Bertz CT molecular complexity index is 413. The molecule has 100 valence electrons. The number of rotatable bonds is 6. The van der Waals surface area contributed by atoms with E-state index in [1.165, 1.54) is 0 Å². The van der Waals surface area contributed by atoms with Crippen molar-refractivity contribution in [2.75, 3.05) is 18.9 Å². The van der Waals surface area contributed by atoms with Gasteiger partial charge in [0.15, 0.2) is 0 Å². The molecule has 1 heterocycles. The molecule has 0 radical (unpaired) electrons. The maximum absolute atomic E-state index is 11.0. The molecule has 0 spiro atoms. The SMILES string of the molecule is CNC(=O)CCNc1nc(Cl)nc(OC(C)C)n1. The van der Waals surface area contributed by atoms with E-state index in [0.717, 1.165) is 0 Å². The molecule has 0 atom stereocenters. The van der Waals surface area contributed by atoms with Gasteiger partial charge in [-0.25, -0.2) is 0 Å². The van der Waals surface area contributed by atoms with E-state index in [-0.39, 0.29) is 29.3 Å². The van der Waals surface area contributed by atoms with E-state index in [4.69, 9.17) is 16.3 Å². The molecule has 0 aliphatic carbocycles. The maximum atomic E-state index is 11.0. The van der Waals surface area contributed by atoms with Gasteiger partial charge in [-0.15, -0.1) is 0 Å². The van der Waals surface area contributed by atoms with E-state index in [9.17, 15) is 4.79 Å². The summed E-state index contributed by atoms with van der Waals surface area (Å²) < 4.78 is 5.32. The van der Waals surface area contributed by atoms with E-state index >= 15 is 0 Å². The zero-order valence-corrected chi connectivity index (χ0v) is 11.3. The molecule has 18 heavy (non-hydrogen) atoms. The summed E-state index contributed by atoms with van der Waals surface area (Å²) >= 11 is 5.74. The van der Waals surface area contributed by atoms with Gasteiger partial charge in [0.2, 0.25) is 17.1 Å². The molecule has 7 nitrogen and oxygen atoms in total. The molecule has 0 saturated heterocycles. The topological polar surface area (TPSA) is 89.0 Å². The van der Waals surface area contributed by atoms with Crippen LogP contribution in [-0.4, -0.2) is 40.6 Å². The predicted molar refractivity (Wildman–Crippen MR) is 67.8 cm³/mol. The van der Waals surface area contributed by atoms with Gasteiger partial charge in [-0.05, 0) is 25.4 Å². The highest BCUT2D eigenvalue weighted by molar-refractivity contribution is 6.28. The molecule has 0 unspecified atom stereocenters. The fourth-order valence-electron chi connectivity index (χ4n) is 1.09. The highest BCUT2D eigenvalue weighted by atomic mass is 35.5. The van der Waals surface area contributed by atoms with Crippen molar-refractivity contribution in [2.45, 2.75) is 26.4 Å². The van der Waals surface area contributed by atoms with Gasteiger partial charge in [0.25, 0.3) is 0 Å². The smallest absolute Gasteiger partial charge is 0.322 e. The highest BCUT2D eigenvalue weighted by Gasteiger charge is 2.07. The van der Waals surface area contributed by atoms with Crippen molar-refractivity contribution in [1.29, 1.82) is 0 Å². The van der Waals surface area contributed by atoms with Crippen LogP contribution in [0.15, 0.2) is 0 Å². The quantitative estimate of drug-likeness (QED) is 0.799. The van der Waals surface area contributed by atoms with Crippen LogP contribution in [-0.2, 0) is 4.79 Å². The number of halogens is 1. The zero-order valence-electron chi connectivity index (χ0n) is 10.5. The van der Waals surface area contributed by atoms with Gasteiger partial charge in [-0.1, -0.05) is 0 Å². The highest BCUT2D eigenvalue weighted by Crippen LogP contribution is 2.12. The Morgan fingerprint density at radius 2 is 2.11 bits per heavy atom. The lowest BCUT2D eigenvalue weighted by atomic mass is 10.4. The van der Waals surface area contributed by atoms with Gasteiger partial charge >= 0.3 is 6.01 Å². The van der Waals surface area contributed by atoms with Gasteiger partial charge in [0.1, 0.15) is 0 Å². The summed E-state index contributed by atoms with van der Waals surface area (Å²) in [5, 5.41) is 5.44. The first-order valence-electron chi connectivity index (χ1n) is 5.54. The number of aromatic nitrogens is 3. The summed E-state index contributed by atoms with van der Waals surface area (Å²) in [6.07, 6.45) is 0.266. The maximum Gasteiger partial charge on any atom is 0.322 e. The van der Waals surface area contributed by atoms with Gasteiger partial charge in [0, 0.05) is 20.0 Å². The van der Waals surface area contributed by atoms with Crippen LogP contribution in [0.2, 0.25) is 5.28 Å². The fourth-order valence-corrected chi connectivity index (χ4v) is 1.24. The van der Waals surface area contributed by atoms with Crippen molar-refractivity contribution in [3.8, 4) is 6.01 Å². The van der Waals surface area contributed by atoms with Gasteiger partial charge < -0.3 is 15.4 Å². The normalized spacial score (nSPS) is 10.3. The molecule has 0 aliphatic heterocycles. The van der Waals surface area contributed by atoms with Gasteiger partial charge in [-0.3, -0.25) is 4.79 Å². The zero-order chi connectivity index (χ0) is 13.5. The summed E-state index contributed by atoms with van der Waals surface area (Å²) in [5.74, 6) is 0.218. The number of hydrogen-bond donors (Lipinski definition) is 2. The van der Waals surface area contributed by atoms with Crippen molar-refractivity contribution in [3.05, 3.63) is 5.28 Å². The Labute approximate surface area is 110 Å². The molecule has 0 fully saturated rings. The molecule has 0 bridgehead atoms. The molecule has 1 rings (SSSR count). The first-order chi connectivity index (χ1) is 8.51. The average Bonchev–Trinajstić information content (AvgIpc) is 2.27.